The quantitative estimate of drug-likeness (QED) is 0.249. The number of amides is 2. The second-order valence-corrected chi connectivity index (χ2v) is 13.7. The molecular weight excluding hydrogens is 568 g/mol. The Hall–Kier alpha value is -3.30. The number of phenolic OH excluding ortho intramolecular Hbond substituents is 1. The molecule has 0 bridgehead atoms. The molecule has 5 atom stereocenters. The van der Waals surface area contributed by atoms with E-state index in [1.165, 1.54) is 5.56 Å². The first-order chi connectivity index (χ1) is 21.5. The summed E-state index contributed by atoms with van der Waals surface area (Å²) < 4.78 is 11.8. The summed E-state index contributed by atoms with van der Waals surface area (Å²) in [5, 5.41) is 15.8. The van der Waals surface area contributed by atoms with Crippen molar-refractivity contribution in [2.24, 2.45) is 17.8 Å². The lowest BCUT2D eigenvalue weighted by Crippen LogP contribution is -2.52. The highest BCUT2D eigenvalue weighted by Gasteiger charge is 2.35. The van der Waals surface area contributed by atoms with Crippen molar-refractivity contribution in [3.8, 4) is 11.5 Å². The van der Waals surface area contributed by atoms with Gasteiger partial charge in [-0.1, -0.05) is 51.5 Å². The molecule has 2 fully saturated rings. The number of hydrogen-bond acceptors (Lipinski definition) is 7. The molecule has 0 radical (unpaired) electrons. The molecule has 1 aliphatic heterocycles. The number of rotatable bonds is 14. The second kappa shape index (κ2) is 16.9. The highest BCUT2D eigenvalue weighted by Crippen LogP contribution is 2.35. The minimum atomic E-state index is -0.792. The standard InChI is InChI=1S/C36H54N4O5/c1-25(2)32-16-7-26(3)21-34(32)45-36(43)38-33(22-27-8-12-30(41)13-9-27)35(42)37-29-17-19-40(24-29)23-28-10-14-31(15-11-28)44-20-6-18-39(4)5/h8-15,25-26,29,32-34,41H,6-7,16-24H2,1-5H3,(H,37,42)(H,38,43)/t26-,29?,32+,33-,34-/m0/s1. The highest BCUT2D eigenvalue weighted by molar-refractivity contribution is 5.86. The van der Waals surface area contributed by atoms with Gasteiger partial charge in [-0.25, -0.2) is 4.79 Å². The lowest BCUT2D eigenvalue weighted by atomic mass is 9.75. The molecule has 9 heteroatoms. The average molecular weight is 623 g/mol. The summed E-state index contributed by atoms with van der Waals surface area (Å²) in [7, 11) is 4.12. The summed E-state index contributed by atoms with van der Waals surface area (Å²) in [6, 6.07) is 14.2. The molecule has 1 unspecified atom stereocenters. The van der Waals surface area contributed by atoms with E-state index in [2.05, 4.69) is 67.4 Å². The van der Waals surface area contributed by atoms with Crippen LogP contribution < -0.4 is 15.4 Å². The number of phenols is 1. The van der Waals surface area contributed by atoms with E-state index in [0.717, 1.165) is 69.6 Å². The summed E-state index contributed by atoms with van der Waals surface area (Å²) in [4.78, 5) is 31.3. The van der Waals surface area contributed by atoms with Gasteiger partial charge in [0.25, 0.3) is 0 Å². The van der Waals surface area contributed by atoms with Crippen LogP contribution in [-0.2, 0) is 22.5 Å². The first-order valence-corrected chi connectivity index (χ1v) is 16.7. The van der Waals surface area contributed by atoms with Crippen LogP contribution in [0.1, 0.15) is 64.0 Å². The Bertz CT molecular complexity index is 1200. The van der Waals surface area contributed by atoms with E-state index in [9.17, 15) is 14.7 Å². The van der Waals surface area contributed by atoms with Gasteiger partial charge in [-0.3, -0.25) is 9.69 Å². The predicted molar refractivity (Wildman–Crippen MR) is 177 cm³/mol. The molecule has 45 heavy (non-hydrogen) atoms. The van der Waals surface area contributed by atoms with Crippen LogP contribution in [-0.4, -0.2) is 85.4 Å². The Morgan fingerprint density at radius 3 is 2.42 bits per heavy atom. The van der Waals surface area contributed by atoms with Gasteiger partial charge in [-0.05, 0) is 92.9 Å². The van der Waals surface area contributed by atoms with Gasteiger partial charge in [0.05, 0.1) is 6.61 Å². The van der Waals surface area contributed by atoms with E-state index in [1.807, 2.05) is 12.1 Å². The SMILES string of the molecule is CC(C)[C@H]1CC[C@H](C)C[C@@H]1OC(=O)N[C@@H](Cc1ccc(O)cc1)C(=O)NC1CCN(Cc2ccc(OCCCN(C)C)cc2)C1. The van der Waals surface area contributed by atoms with Crippen molar-refractivity contribution in [3.63, 3.8) is 0 Å². The van der Waals surface area contributed by atoms with Crippen molar-refractivity contribution in [2.45, 2.75) is 84.0 Å². The van der Waals surface area contributed by atoms with Crippen LogP contribution in [0, 0.1) is 17.8 Å². The Labute approximate surface area is 269 Å². The fourth-order valence-electron chi connectivity index (χ4n) is 6.56. The third-order valence-electron chi connectivity index (χ3n) is 9.17. The second-order valence-electron chi connectivity index (χ2n) is 13.7. The van der Waals surface area contributed by atoms with Gasteiger partial charge in [-0.2, -0.15) is 0 Å². The third-order valence-corrected chi connectivity index (χ3v) is 9.17. The normalized spacial score (nSPS) is 22.7. The van der Waals surface area contributed by atoms with Gasteiger partial charge in [0, 0.05) is 38.6 Å². The Morgan fingerprint density at radius 2 is 1.73 bits per heavy atom. The van der Waals surface area contributed by atoms with Crippen LogP contribution in [0.2, 0.25) is 0 Å². The number of carbonyl (C=O) groups excluding carboxylic acids is 2. The molecule has 2 aromatic rings. The van der Waals surface area contributed by atoms with Crippen LogP contribution in [0.25, 0.3) is 0 Å². The first-order valence-electron chi connectivity index (χ1n) is 16.7. The van der Waals surface area contributed by atoms with E-state index in [0.29, 0.717) is 30.8 Å². The average Bonchev–Trinajstić information content (AvgIpc) is 3.43. The number of aromatic hydroxyl groups is 1. The molecule has 1 saturated heterocycles. The molecule has 4 rings (SSSR count). The molecule has 248 valence electrons. The summed E-state index contributed by atoms with van der Waals surface area (Å²) in [6.07, 6.45) is 4.46. The van der Waals surface area contributed by atoms with Gasteiger partial charge in [0.15, 0.2) is 0 Å². The molecule has 1 heterocycles. The van der Waals surface area contributed by atoms with E-state index in [4.69, 9.17) is 9.47 Å². The number of hydrogen-bond donors (Lipinski definition) is 3. The minimum absolute atomic E-state index is 0.0125. The van der Waals surface area contributed by atoms with Crippen molar-refractivity contribution in [2.75, 3.05) is 40.3 Å². The Balaban J connectivity index is 1.31. The molecule has 3 N–H and O–H groups in total. The lowest BCUT2D eigenvalue weighted by molar-refractivity contribution is -0.123. The van der Waals surface area contributed by atoms with E-state index >= 15 is 0 Å². The topological polar surface area (TPSA) is 103 Å². The molecule has 0 spiro atoms. The largest absolute Gasteiger partial charge is 0.508 e. The van der Waals surface area contributed by atoms with Gasteiger partial charge in [-0.15, -0.1) is 0 Å². The van der Waals surface area contributed by atoms with Crippen LogP contribution in [0.5, 0.6) is 11.5 Å². The van der Waals surface area contributed by atoms with Gasteiger partial charge in [0.2, 0.25) is 5.91 Å². The first kappa shape index (κ1) is 34.6. The van der Waals surface area contributed by atoms with Crippen LogP contribution in [0.3, 0.4) is 0 Å². The highest BCUT2D eigenvalue weighted by atomic mass is 16.6. The van der Waals surface area contributed by atoms with Crippen LogP contribution in [0.15, 0.2) is 48.5 Å². The number of ether oxygens (including phenoxy) is 2. The fraction of sp³-hybridized carbons (Fsp3) is 0.611. The van der Waals surface area contributed by atoms with Crippen LogP contribution in [0.4, 0.5) is 4.79 Å². The summed E-state index contributed by atoms with van der Waals surface area (Å²) >= 11 is 0. The van der Waals surface area contributed by atoms with Crippen molar-refractivity contribution in [3.05, 3.63) is 59.7 Å². The fourth-order valence-corrected chi connectivity index (χ4v) is 6.56. The van der Waals surface area contributed by atoms with Crippen molar-refractivity contribution < 1.29 is 24.2 Å². The summed E-state index contributed by atoms with van der Waals surface area (Å²) in [5.41, 5.74) is 2.05. The van der Waals surface area contributed by atoms with E-state index in [1.54, 1.807) is 24.3 Å². The summed E-state index contributed by atoms with van der Waals surface area (Å²) in [6.45, 7) is 10.7. The third kappa shape index (κ3) is 11.2. The maximum Gasteiger partial charge on any atom is 0.408 e. The Kier molecular flexibility index (Phi) is 12.9. The maximum atomic E-state index is 13.6. The predicted octanol–water partition coefficient (Wildman–Crippen LogP) is 5.21. The lowest BCUT2D eigenvalue weighted by Gasteiger charge is -2.36. The smallest absolute Gasteiger partial charge is 0.408 e. The van der Waals surface area contributed by atoms with Crippen molar-refractivity contribution >= 4 is 12.0 Å². The molecule has 2 amide bonds. The minimum Gasteiger partial charge on any atom is -0.508 e. The monoisotopic (exact) mass is 622 g/mol. The number of carbonyl (C=O) groups is 2. The summed E-state index contributed by atoms with van der Waals surface area (Å²) in [5.74, 6) is 2.06. The molecular formula is C36H54N4O5. The number of benzene rings is 2. The molecule has 9 nitrogen and oxygen atoms in total. The zero-order valence-electron chi connectivity index (χ0n) is 27.8. The molecule has 2 aliphatic rings. The number of alkyl carbamates (subject to hydrolysis) is 1. The molecule has 0 aromatic heterocycles. The number of nitrogens with zero attached hydrogens (tertiary/aromatic N) is 2. The molecule has 1 saturated carbocycles. The molecule has 1 aliphatic carbocycles. The van der Waals surface area contributed by atoms with Gasteiger partial charge >= 0.3 is 6.09 Å². The van der Waals surface area contributed by atoms with Crippen molar-refractivity contribution in [1.82, 2.24) is 20.4 Å². The van der Waals surface area contributed by atoms with Gasteiger partial charge in [0.1, 0.15) is 23.6 Å². The van der Waals surface area contributed by atoms with Gasteiger partial charge < -0.3 is 30.1 Å². The number of nitrogens with one attached hydrogen (secondary N) is 2. The number of likely N-dealkylation sites (tertiary alicyclic amines) is 1. The zero-order valence-corrected chi connectivity index (χ0v) is 27.8. The van der Waals surface area contributed by atoms with E-state index < -0.39 is 12.1 Å². The maximum absolute atomic E-state index is 13.6. The van der Waals surface area contributed by atoms with Crippen LogP contribution >= 0.6 is 0 Å². The zero-order chi connectivity index (χ0) is 32.3. The van der Waals surface area contributed by atoms with E-state index in [-0.39, 0.29) is 23.8 Å². The Morgan fingerprint density at radius 1 is 1.02 bits per heavy atom. The molecule has 2 aromatic carbocycles. The van der Waals surface area contributed by atoms with Crippen molar-refractivity contribution in [1.29, 1.82) is 0 Å².